The van der Waals surface area contributed by atoms with Gasteiger partial charge < -0.3 is 5.32 Å². The predicted octanol–water partition coefficient (Wildman–Crippen LogP) is 3.75. The summed E-state index contributed by atoms with van der Waals surface area (Å²) in [5.74, 6) is -0.430. The molecule has 6 nitrogen and oxygen atoms in total. The van der Waals surface area contributed by atoms with Crippen molar-refractivity contribution in [2.24, 2.45) is 0 Å². The van der Waals surface area contributed by atoms with E-state index in [4.69, 9.17) is 0 Å². The SMILES string of the molecule is Fc1cc(-c2ccc3nc(C(F)F)cn3n2)cc2cn(C3CCNCC3)nc12. The molecule has 0 bridgehead atoms. The molecule has 28 heavy (non-hydrogen) atoms. The van der Waals surface area contributed by atoms with E-state index in [9.17, 15) is 13.2 Å². The number of rotatable bonds is 3. The average Bonchev–Trinajstić information content (AvgIpc) is 3.32. The van der Waals surface area contributed by atoms with Crippen molar-refractivity contribution in [2.75, 3.05) is 13.1 Å². The molecule has 1 saturated heterocycles. The first-order valence-corrected chi connectivity index (χ1v) is 9.12. The lowest BCUT2D eigenvalue weighted by Gasteiger charge is -2.22. The summed E-state index contributed by atoms with van der Waals surface area (Å²) in [6.07, 6.45) is 2.29. The van der Waals surface area contributed by atoms with E-state index in [2.05, 4.69) is 20.5 Å². The number of fused-ring (bicyclic) bond motifs is 2. The first-order valence-electron chi connectivity index (χ1n) is 9.12. The molecular formula is C19H17F3N6. The zero-order chi connectivity index (χ0) is 19.3. The van der Waals surface area contributed by atoms with E-state index >= 15 is 0 Å². The van der Waals surface area contributed by atoms with E-state index in [1.807, 2.05) is 16.9 Å². The summed E-state index contributed by atoms with van der Waals surface area (Å²) in [4.78, 5) is 3.83. The van der Waals surface area contributed by atoms with E-state index in [0.717, 1.165) is 25.9 Å². The minimum atomic E-state index is -2.67. The van der Waals surface area contributed by atoms with Crippen molar-refractivity contribution < 1.29 is 13.2 Å². The second kappa shape index (κ2) is 6.59. The topological polar surface area (TPSA) is 60.0 Å². The normalized spacial score (nSPS) is 15.9. The monoisotopic (exact) mass is 386 g/mol. The average molecular weight is 386 g/mol. The standard InChI is InChI=1S/C19H17F3N6/c20-14-8-11(15-1-2-17-24-16(19(21)22)10-28(17)25-15)7-12-9-27(26-18(12)14)13-3-5-23-6-4-13/h1-2,7-10,13,19,23H,3-6H2. The molecule has 144 valence electrons. The first kappa shape index (κ1) is 17.2. The predicted molar refractivity (Wildman–Crippen MR) is 97.8 cm³/mol. The Morgan fingerprint density at radius 2 is 1.89 bits per heavy atom. The fourth-order valence-electron chi connectivity index (χ4n) is 3.68. The Morgan fingerprint density at radius 1 is 1.07 bits per heavy atom. The van der Waals surface area contributed by atoms with Crippen LogP contribution in [0.3, 0.4) is 0 Å². The number of halogens is 3. The summed E-state index contributed by atoms with van der Waals surface area (Å²) in [6.45, 7) is 1.84. The molecule has 0 amide bonds. The van der Waals surface area contributed by atoms with Gasteiger partial charge >= 0.3 is 0 Å². The summed E-state index contributed by atoms with van der Waals surface area (Å²) >= 11 is 0. The van der Waals surface area contributed by atoms with Crippen LogP contribution in [-0.2, 0) is 0 Å². The molecule has 4 aromatic rings. The molecule has 0 aliphatic carbocycles. The highest BCUT2D eigenvalue weighted by Gasteiger charge is 2.19. The first-order chi connectivity index (χ1) is 13.6. The highest BCUT2D eigenvalue weighted by Crippen LogP contribution is 2.28. The molecule has 1 fully saturated rings. The quantitative estimate of drug-likeness (QED) is 0.583. The van der Waals surface area contributed by atoms with Crippen LogP contribution < -0.4 is 5.32 Å². The van der Waals surface area contributed by atoms with Gasteiger partial charge in [-0.3, -0.25) is 4.68 Å². The Hall–Kier alpha value is -2.94. The maximum atomic E-state index is 14.7. The van der Waals surface area contributed by atoms with Crippen LogP contribution in [0.25, 0.3) is 27.8 Å². The molecule has 0 saturated carbocycles. The number of alkyl halides is 2. The van der Waals surface area contributed by atoms with Crippen LogP contribution in [0.5, 0.6) is 0 Å². The highest BCUT2D eigenvalue weighted by atomic mass is 19.3. The van der Waals surface area contributed by atoms with Crippen molar-refractivity contribution in [1.29, 1.82) is 0 Å². The summed E-state index contributed by atoms with van der Waals surface area (Å²) in [6, 6.07) is 6.69. The van der Waals surface area contributed by atoms with Gasteiger partial charge in [-0.1, -0.05) is 0 Å². The van der Waals surface area contributed by atoms with Crippen LogP contribution in [0.2, 0.25) is 0 Å². The Kier molecular flexibility index (Phi) is 4.04. The number of imidazole rings is 1. The van der Waals surface area contributed by atoms with Crippen molar-refractivity contribution in [3.8, 4) is 11.3 Å². The number of piperidine rings is 1. The van der Waals surface area contributed by atoms with Gasteiger partial charge in [0, 0.05) is 17.1 Å². The Bertz CT molecular complexity index is 1160. The van der Waals surface area contributed by atoms with E-state index in [1.54, 1.807) is 12.1 Å². The molecule has 0 radical (unpaired) electrons. The Balaban J connectivity index is 1.55. The molecule has 4 heterocycles. The largest absolute Gasteiger partial charge is 0.317 e. The second-order valence-corrected chi connectivity index (χ2v) is 6.97. The lowest BCUT2D eigenvalue weighted by atomic mass is 10.1. The second-order valence-electron chi connectivity index (χ2n) is 6.97. The van der Waals surface area contributed by atoms with Gasteiger partial charge in [0.05, 0.1) is 17.9 Å². The van der Waals surface area contributed by atoms with Gasteiger partial charge in [-0.2, -0.15) is 10.2 Å². The smallest absolute Gasteiger partial charge is 0.281 e. The Labute approximate surface area is 158 Å². The molecule has 3 aromatic heterocycles. The van der Waals surface area contributed by atoms with Crippen LogP contribution in [0, 0.1) is 5.82 Å². The van der Waals surface area contributed by atoms with Crippen molar-refractivity contribution in [3.05, 3.63) is 48.2 Å². The fraction of sp³-hybridized carbons (Fsp3) is 0.316. The molecule has 9 heteroatoms. The van der Waals surface area contributed by atoms with Crippen LogP contribution in [0.15, 0.2) is 36.7 Å². The van der Waals surface area contributed by atoms with Gasteiger partial charge in [0.15, 0.2) is 11.5 Å². The van der Waals surface area contributed by atoms with Gasteiger partial charge in [0.2, 0.25) is 0 Å². The lowest BCUT2D eigenvalue weighted by molar-refractivity contribution is 0.146. The molecule has 1 aliphatic heterocycles. The molecule has 0 spiro atoms. The zero-order valence-corrected chi connectivity index (χ0v) is 14.8. The molecule has 0 atom stereocenters. The van der Waals surface area contributed by atoms with Crippen LogP contribution >= 0.6 is 0 Å². The van der Waals surface area contributed by atoms with Crippen LogP contribution in [0.1, 0.15) is 31.0 Å². The number of nitrogens with one attached hydrogen (secondary N) is 1. The van der Waals surface area contributed by atoms with Crippen LogP contribution in [-0.4, -0.2) is 37.5 Å². The molecule has 1 N–H and O–H groups in total. The third-order valence-corrected chi connectivity index (χ3v) is 5.12. The number of benzene rings is 1. The molecule has 5 rings (SSSR count). The minimum Gasteiger partial charge on any atom is -0.317 e. The van der Waals surface area contributed by atoms with E-state index in [1.165, 1.54) is 16.8 Å². The van der Waals surface area contributed by atoms with E-state index in [0.29, 0.717) is 27.8 Å². The zero-order valence-electron chi connectivity index (χ0n) is 14.8. The highest BCUT2D eigenvalue weighted by molar-refractivity contribution is 5.84. The molecule has 1 aliphatic rings. The maximum absolute atomic E-state index is 14.7. The number of hydrogen-bond donors (Lipinski definition) is 1. The lowest BCUT2D eigenvalue weighted by Crippen LogP contribution is -2.29. The summed E-state index contributed by atoms with van der Waals surface area (Å²) in [7, 11) is 0. The maximum Gasteiger partial charge on any atom is 0.281 e. The number of aromatic nitrogens is 5. The summed E-state index contributed by atoms with van der Waals surface area (Å²) in [5, 5.41) is 12.7. The van der Waals surface area contributed by atoms with Crippen molar-refractivity contribution >= 4 is 16.6 Å². The van der Waals surface area contributed by atoms with Crippen molar-refractivity contribution in [3.63, 3.8) is 0 Å². The fourth-order valence-corrected chi connectivity index (χ4v) is 3.68. The minimum absolute atomic E-state index is 0.254. The molecular weight excluding hydrogens is 369 g/mol. The van der Waals surface area contributed by atoms with Gasteiger partial charge in [-0.15, -0.1) is 0 Å². The third kappa shape index (κ3) is 2.91. The molecule has 1 aromatic carbocycles. The van der Waals surface area contributed by atoms with Gasteiger partial charge in [0.1, 0.15) is 11.2 Å². The molecule has 0 unspecified atom stereocenters. The summed E-state index contributed by atoms with van der Waals surface area (Å²) < 4.78 is 43.5. The number of nitrogens with zero attached hydrogens (tertiary/aromatic N) is 5. The van der Waals surface area contributed by atoms with Gasteiger partial charge in [-0.05, 0) is 50.2 Å². The van der Waals surface area contributed by atoms with Crippen molar-refractivity contribution in [1.82, 2.24) is 29.7 Å². The van der Waals surface area contributed by atoms with E-state index < -0.39 is 12.2 Å². The number of hydrogen-bond acceptors (Lipinski definition) is 4. The van der Waals surface area contributed by atoms with Gasteiger partial charge in [0.25, 0.3) is 6.43 Å². The Morgan fingerprint density at radius 3 is 2.68 bits per heavy atom. The van der Waals surface area contributed by atoms with Crippen LogP contribution in [0.4, 0.5) is 13.2 Å². The van der Waals surface area contributed by atoms with Crippen molar-refractivity contribution in [2.45, 2.75) is 25.3 Å². The summed E-state index contributed by atoms with van der Waals surface area (Å²) in [5.41, 5.74) is 1.34. The van der Waals surface area contributed by atoms with E-state index in [-0.39, 0.29) is 11.7 Å². The van der Waals surface area contributed by atoms with Gasteiger partial charge in [-0.25, -0.2) is 22.7 Å². The third-order valence-electron chi connectivity index (χ3n) is 5.12.